The van der Waals surface area contributed by atoms with Crippen LogP contribution in [0, 0.1) is 0 Å². The minimum Gasteiger partial charge on any atom is -0.351 e. The smallest absolute Gasteiger partial charge is 0.234 e. The van der Waals surface area contributed by atoms with Crippen LogP contribution in [-0.4, -0.2) is 17.4 Å². The molecule has 0 aliphatic rings. The van der Waals surface area contributed by atoms with Gasteiger partial charge in [0.2, 0.25) is 5.91 Å². The van der Waals surface area contributed by atoms with Gasteiger partial charge in [0.1, 0.15) is 0 Å². The monoisotopic (exact) mass is 269 g/mol. The highest BCUT2D eigenvalue weighted by Gasteiger charge is 2.07. The van der Waals surface area contributed by atoms with E-state index in [0.29, 0.717) is 13.1 Å². The van der Waals surface area contributed by atoms with E-state index in [4.69, 9.17) is 0 Å². The fourth-order valence-corrected chi connectivity index (χ4v) is 1.87. The Hall–Kier alpha value is -2.20. The van der Waals surface area contributed by atoms with Crippen molar-refractivity contribution in [3.63, 3.8) is 0 Å². The summed E-state index contributed by atoms with van der Waals surface area (Å²) in [5.41, 5.74) is 2.22. The summed E-state index contributed by atoms with van der Waals surface area (Å²) in [6.07, 6.45) is 3.51. The van der Waals surface area contributed by atoms with Gasteiger partial charge in [-0.15, -0.1) is 0 Å². The molecule has 0 saturated heterocycles. The number of amides is 1. The molecule has 2 aromatic rings. The van der Waals surface area contributed by atoms with Gasteiger partial charge in [0, 0.05) is 25.0 Å². The average Bonchev–Trinajstić information content (AvgIpc) is 2.52. The van der Waals surface area contributed by atoms with Crippen molar-refractivity contribution < 1.29 is 4.79 Å². The highest BCUT2D eigenvalue weighted by atomic mass is 16.1. The van der Waals surface area contributed by atoms with Gasteiger partial charge in [-0.25, -0.2) is 0 Å². The van der Waals surface area contributed by atoms with Crippen molar-refractivity contribution in [1.29, 1.82) is 0 Å². The average molecular weight is 269 g/mol. The number of carbonyl (C=O) groups is 1. The topological polar surface area (TPSA) is 54.0 Å². The van der Waals surface area contributed by atoms with Crippen molar-refractivity contribution in [1.82, 2.24) is 15.6 Å². The first-order valence-electron chi connectivity index (χ1n) is 6.69. The number of nitrogens with one attached hydrogen (secondary N) is 2. The Bertz CT molecular complexity index is 528. The zero-order valence-electron chi connectivity index (χ0n) is 11.5. The number of aromatic nitrogens is 1. The molecule has 1 amide bonds. The second kappa shape index (κ2) is 7.40. The number of hydrogen-bond acceptors (Lipinski definition) is 3. The highest BCUT2D eigenvalue weighted by molar-refractivity contribution is 5.78. The molecule has 0 fully saturated rings. The lowest BCUT2D eigenvalue weighted by Crippen LogP contribution is -2.34. The summed E-state index contributed by atoms with van der Waals surface area (Å²) < 4.78 is 0. The van der Waals surface area contributed by atoms with E-state index in [1.54, 1.807) is 12.4 Å². The van der Waals surface area contributed by atoms with Crippen LogP contribution in [0.1, 0.15) is 24.1 Å². The Balaban J connectivity index is 1.73. The third kappa shape index (κ3) is 4.48. The molecule has 4 nitrogen and oxygen atoms in total. The predicted molar refractivity (Wildman–Crippen MR) is 78.9 cm³/mol. The summed E-state index contributed by atoms with van der Waals surface area (Å²) in [7, 11) is 0. The Labute approximate surface area is 119 Å². The van der Waals surface area contributed by atoms with Crippen LogP contribution in [0.2, 0.25) is 0 Å². The second-order valence-electron chi connectivity index (χ2n) is 4.65. The predicted octanol–water partition coefficient (Wildman–Crippen LogP) is 2.05. The van der Waals surface area contributed by atoms with Crippen LogP contribution in [0.3, 0.4) is 0 Å². The molecule has 0 aliphatic heterocycles. The largest absolute Gasteiger partial charge is 0.351 e. The molecule has 0 saturated carbocycles. The molecular weight excluding hydrogens is 250 g/mol. The van der Waals surface area contributed by atoms with Crippen molar-refractivity contribution in [3.05, 3.63) is 66.0 Å². The third-order valence-corrected chi connectivity index (χ3v) is 3.11. The van der Waals surface area contributed by atoms with Crippen molar-refractivity contribution in [2.75, 3.05) is 6.54 Å². The summed E-state index contributed by atoms with van der Waals surface area (Å²) in [5.74, 6) is -0.00485. The lowest BCUT2D eigenvalue weighted by Gasteiger charge is -2.13. The molecule has 2 N–H and O–H groups in total. The number of carbonyl (C=O) groups excluding carboxylic acids is 1. The molecule has 0 unspecified atom stereocenters. The van der Waals surface area contributed by atoms with E-state index in [0.717, 1.165) is 11.1 Å². The number of hydrogen-bond donors (Lipinski definition) is 2. The summed E-state index contributed by atoms with van der Waals surface area (Å²) in [4.78, 5) is 15.7. The first-order valence-corrected chi connectivity index (χ1v) is 6.69. The lowest BCUT2D eigenvalue weighted by atomic mass is 10.1. The first-order chi connectivity index (χ1) is 9.75. The Morgan fingerprint density at radius 2 is 1.85 bits per heavy atom. The third-order valence-electron chi connectivity index (χ3n) is 3.11. The van der Waals surface area contributed by atoms with E-state index in [9.17, 15) is 4.79 Å². The normalized spacial score (nSPS) is 11.8. The Kier molecular flexibility index (Phi) is 5.26. The molecule has 0 radical (unpaired) electrons. The van der Waals surface area contributed by atoms with Gasteiger partial charge in [0.15, 0.2) is 0 Å². The van der Waals surface area contributed by atoms with Crippen molar-refractivity contribution in [2.24, 2.45) is 0 Å². The second-order valence-corrected chi connectivity index (χ2v) is 4.65. The minimum atomic E-state index is -0.00485. The van der Waals surface area contributed by atoms with E-state index < -0.39 is 0 Å². The van der Waals surface area contributed by atoms with Crippen LogP contribution in [0.15, 0.2) is 54.9 Å². The first kappa shape index (κ1) is 14.2. The van der Waals surface area contributed by atoms with Crippen LogP contribution in [0.4, 0.5) is 0 Å². The summed E-state index contributed by atoms with van der Waals surface area (Å²) in [6, 6.07) is 13.9. The minimum absolute atomic E-state index is 0.00485. The number of nitrogens with zero attached hydrogens (tertiary/aromatic N) is 1. The zero-order chi connectivity index (χ0) is 14.2. The molecule has 1 heterocycles. The van der Waals surface area contributed by atoms with Gasteiger partial charge in [0.05, 0.1) is 6.54 Å². The standard InChI is InChI=1S/C16H19N3O/c1-13(15-7-9-17-10-8-15)18-12-16(20)19-11-14-5-3-2-4-6-14/h2-10,13,18H,11-12H2,1H3,(H,19,20)/t13-/m0/s1. The van der Waals surface area contributed by atoms with Gasteiger partial charge >= 0.3 is 0 Å². The number of benzene rings is 1. The maximum atomic E-state index is 11.8. The van der Waals surface area contributed by atoms with Gasteiger partial charge in [-0.2, -0.15) is 0 Å². The fourth-order valence-electron chi connectivity index (χ4n) is 1.87. The summed E-state index contributed by atoms with van der Waals surface area (Å²) in [5, 5.41) is 6.09. The van der Waals surface area contributed by atoms with Crippen molar-refractivity contribution >= 4 is 5.91 Å². The molecule has 4 heteroatoms. The van der Waals surface area contributed by atoms with Crippen LogP contribution in [0.5, 0.6) is 0 Å². The van der Waals surface area contributed by atoms with E-state index in [-0.39, 0.29) is 11.9 Å². The number of rotatable bonds is 6. The van der Waals surface area contributed by atoms with Gasteiger partial charge in [0.25, 0.3) is 0 Å². The maximum Gasteiger partial charge on any atom is 0.234 e. The quantitative estimate of drug-likeness (QED) is 0.844. The van der Waals surface area contributed by atoms with E-state index in [2.05, 4.69) is 15.6 Å². The molecule has 0 bridgehead atoms. The molecule has 0 aliphatic carbocycles. The molecule has 2 rings (SSSR count). The van der Waals surface area contributed by atoms with E-state index in [1.165, 1.54) is 0 Å². The fraction of sp³-hybridized carbons (Fsp3) is 0.250. The van der Waals surface area contributed by atoms with Gasteiger partial charge < -0.3 is 10.6 Å². The van der Waals surface area contributed by atoms with Crippen LogP contribution in [-0.2, 0) is 11.3 Å². The van der Waals surface area contributed by atoms with Gasteiger partial charge in [-0.05, 0) is 30.2 Å². The van der Waals surface area contributed by atoms with Gasteiger partial charge in [-0.3, -0.25) is 9.78 Å². The van der Waals surface area contributed by atoms with Crippen LogP contribution < -0.4 is 10.6 Å². The van der Waals surface area contributed by atoms with E-state index >= 15 is 0 Å². The molecule has 0 spiro atoms. The van der Waals surface area contributed by atoms with Crippen LogP contribution in [0.25, 0.3) is 0 Å². The van der Waals surface area contributed by atoms with E-state index in [1.807, 2.05) is 49.4 Å². The molecule has 1 atom stereocenters. The molecular formula is C16H19N3O. The highest BCUT2D eigenvalue weighted by Crippen LogP contribution is 2.09. The summed E-state index contributed by atoms with van der Waals surface area (Å²) >= 11 is 0. The van der Waals surface area contributed by atoms with Crippen LogP contribution >= 0.6 is 0 Å². The molecule has 1 aromatic carbocycles. The zero-order valence-corrected chi connectivity index (χ0v) is 11.5. The number of pyridine rings is 1. The van der Waals surface area contributed by atoms with Crippen molar-refractivity contribution in [3.8, 4) is 0 Å². The summed E-state index contributed by atoms with van der Waals surface area (Å²) in [6.45, 7) is 2.89. The molecule has 20 heavy (non-hydrogen) atoms. The molecule has 1 aromatic heterocycles. The Morgan fingerprint density at radius 1 is 1.15 bits per heavy atom. The SMILES string of the molecule is C[C@H](NCC(=O)NCc1ccccc1)c1ccncc1. The Morgan fingerprint density at radius 3 is 2.55 bits per heavy atom. The van der Waals surface area contributed by atoms with Gasteiger partial charge in [-0.1, -0.05) is 30.3 Å². The lowest BCUT2D eigenvalue weighted by molar-refractivity contribution is -0.120. The molecule has 104 valence electrons. The van der Waals surface area contributed by atoms with Crippen molar-refractivity contribution in [2.45, 2.75) is 19.5 Å². The maximum absolute atomic E-state index is 11.8.